The van der Waals surface area contributed by atoms with Crippen molar-refractivity contribution in [1.82, 2.24) is 33.7 Å². The lowest BCUT2D eigenvalue weighted by Gasteiger charge is -2.10. The van der Waals surface area contributed by atoms with Crippen molar-refractivity contribution in [2.24, 2.45) is 0 Å². The molecule has 14 nitrogen and oxygen atoms in total. The number of aromatic nitrogens is 8. The lowest BCUT2D eigenvalue weighted by atomic mass is 10.1. The molecule has 0 aliphatic heterocycles. The van der Waals surface area contributed by atoms with Gasteiger partial charge in [0.1, 0.15) is 35.4 Å². The van der Waals surface area contributed by atoms with Gasteiger partial charge in [-0.05, 0) is 57.0 Å². The molecule has 2 aromatic carbocycles. The summed E-state index contributed by atoms with van der Waals surface area (Å²) < 4.78 is 8.92. The molecule has 0 unspecified atom stereocenters. The molecule has 8 rings (SSSR count). The zero-order valence-electron chi connectivity index (χ0n) is 32.4. The maximum absolute atomic E-state index is 10.6. The highest BCUT2D eigenvalue weighted by molar-refractivity contribution is 8.00. The van der Waals surface area contributed by atoms with Gasteiger partial charge in [0.15, 0.2) is 0 Å². The minimum Gasteiger partial charge on any atom is -0.393 e. The smallest absolute Gasteiger partial charge is 0.237 e. The Bertz CT molecular complexity index is 3090. The third kappa shape index (κ3) is 7.97. The first-order valence-electron chi connectivity index (χ1n) is 18.9. The highest BCUT2D eigenvalue weighted by Crippen LogP contribution is 2.39. The topological polar surface area (TPSA) is 197 Å². The van der Waals surface area contributed by atoms with E-state index in [0.717, 1.165) is 32.0 Å². The van der Waals surface area contributed by atoms with E-state index in [1.54, 1.807) is 58.4 Å². The second-order valence-corrected chi connectivity index (χ2v) is 16.4. The molecule has 60 heavy (non-hydrogen) atoms. The van der Waals surface area contributed by atoms with Crippen molar-refractivity contribution in [2.75, 3.05) is 0 Å². The van der Waals surface area contributed by atoms with Gasteiger partial charge < -0.3 is 10.2 Å². The van der Waals surface area contributed by atoms with E-state index in [-0.39, 0.29) is 0 Å². The van der Waals surface area contributed by atoms with Crippen LogP contribution in [-0.2, 0) is 13.1 Å². The van der Waals surface area contributed by atoms with Gasteiger partial charge in [-0.2, -0.15) is 36.3 Å². The molecule has 0 aliphatic carbocycles. The average molecular weight is 828 g/mol. The van der Waals surface area contributed by atoms with Crippen LogP contribution in [0.25, 0.3) is 39.0 Å². The molecule has 0 bridgehead atoms. The number of aliphatic hydroxyl groups is 2. The van der Waals surface area contributed by atoms with E-state index < -0.39 is 12.2 Å². The molecule has 0 radical (unpaired) electrons. The average Bonchev–Trinajstić information content (AvgIpc) is 4.08. The van der Waals surface area contributed by atoms with Crippen LogP contribution in [0.1, 0.15) is 48.9 Å². The van der Waals surface area contributed by atoms with Gasteiger partial charge in [-0.3, -0.25) is 9.36 Å². The Kier molecular flexibility index (Phi) is 11.2. The summed E-state index contributed by atoms with van der Waals surface area (Å²) in [5.41, 5.74) is 6.77. The van der Waals surface area contributed by atoms with Crippen LogP contribution < -0.4 is 4.68 Å². The monoisotopic (exact) mass is 827 g/mol. The van der Waals surface area contributed by atoms with Crippen LogP contribution in [-0.4, -0.2) is 56.1 Å². The Labute approximate surface area is 353 Å². The Hall–Kier alpha value is -7.18. The summed E-state index contributed by atoms with van der Waals surface area (Å²) in [6, 6.07) is 26.0. The zero-order chi connectivity index (χ0) is 41.9. The quantitative estimate of drug-likeness (QED) is 0.114. The summed E-state index contributed by atoms with van der Waals surface area (Å²) in [7, 11) is 0. The van der Waals surface area contributed by atoms with Crippen LogP contribution in [0.2, 0.25) is 0 Å². The van der Waals surface area contributed by atoms with Gasteiger partial charge in [-0.25, -0.2) is 4.52 Å². The number of pyridine rings is 2. The fraction of sp³-hybridized carbons (Fsp3) is 0.182. The second kappa shape index (κ2) is 17.0. The molecule has 6 heterocycles. The van der Waals surface area contributed by atoms with Crippen molar-refractivity contribution in [2.45, 2.75) is 71.6 Å². The lowest BCUT2D eigenvalue weighted by Crippen LogP contribution is -2.36. The SMILES string of the molecule is C[C@H](O)CCn1cc(-c2cc(Sc3ccc(-[n+]4cc(C#N)c5c(Sc6ccccc6C#N)cc(-c6cnn(CC[C@@H](C)O)c6)cn54)cc3C#N)c3c(C#N)cnn3c2)cn1. The summed E-state index contributed by atoms with van der Waals surface area (Å²) in [6.07, 6.45) is 14.5. The minimum atomic E-state index is -0.473. The van der Waals surface area contributed by atoms with Crippen LogP contribution in [0.5, 0.6) is 0 Å². The molecule has 0 fully saturated rings. The fourth-order valence-electron chi connectivity index (χ4n) is 6.78. The minimum absolute atomic E-state index is 0.374. The molecule has 0 saturated carbocycles. The Morgan fingerprint density at radius 1 is 0.600 bits per heavy atom. The standard InChI is InChI=1S/C44H35N12O2S2/c1-28(57)9-11-52-23-36(21-49-52)32-14-41(43-34(18-47)20-51-54(43)25-32)60-40-8-7-38(13-31(40)17-46)55-27-35(19-48)44-42(59-39-6-4-3-5-30(39)16-45)15-33(26-56(44)55)37-22-50-53(24-37)12-10-29(2)58/h3-8,13-15,20-29,57-58H,9-12H2,1-2H3/q+1/t28-,29+/m0/s1. The van der Waals surface area contributed by atoms with E-state index in [0.29, 0.717) is 74.7 Å². The number of aliphatic hydroxyl groups excluding tert-OH is 2. The van der Waals surface area contributed by atoms with Gasteiger partial charge in [0, 0.05) is 85.6 Å². The van der Waals surface area contributed by atoms with E-state index >= 15 is 0 Å². The van der Waals surface area contributed by atoms with Crippen molar-refractivity contribution in [3.8, 4) is 52.2 Å². The van der Waals surface area contributed by atoms with Gasteiger partial charge in [0.2, 0.25) is 11.9 Å². The van der Waals surface area contributed by atoms with E-state index in [1.165, 1.54) is 29.7 Å². The molecule has 2 atom stereocenters. The van der Waals surface area contributed by atoms with Crippen LogP contribution in [0.15, 0.2) is 124 Å². The summed E-state index contributed by atoms with van der Waals surface area (Å²) >= 11 is 2.73. The Morgan fingerprint density at radius 2 is 1.18 bits per heavy atom. The van der Waals surface area contributed by atoms with Crippen LogP contribution in [0.4, 0.5) is 0 Å². The fourth-order valence-corrected chi connectivity index (χ4v) is 8.94. The van der Waals surface area contributed by atoms with Crippen molar-refractivity contribution in [1.29, 1.82) is 21.0 Å². The van der Waals surface area contributed by atoms with Gasteiger partial charge >= 0.3 is 0 Å². The summed E-state index contributed by atoms with van der Waals surface area (Å²) in [6.45, 7) is 4.56. The number of aryl methyl sites for hydroxylation is 2. The summed E-state index contributed by atoms with van der Waals surface area (Å²) in [4.78, 5) is 2.83. The molecule has 6 aromatic heterocycles. The molecule has 0 spiro atoms. The summed E-state index contributed by atoms with van der Waals surface area (Å²) in [5, 5.41) is 74.0. The molecular weight excluding hydrogens is 793 g/mol. The summed E-state index contributed by atoms with van der Waals surface area (Å²) in [5.74, 6) is 0. The number of rotatable bonds is 13. The highest BCUT2D eigenvalue weighted by atomic mass is 32.2. The van der Waals surface area contributed by atoms with Crippen LogP contribution in [0.3, 0.4) is 0 Å². The number of hydrogen-bond acceptors (Lipinski definition) is 11. The predicted molar refractivity (Wildman–Crippen MR) is 223 cm³/mol. The lowest BCUT2D eigenvalue weighted by molar-refractivity contribution is -0.667. The molecule has 8 aromatic rings. The first kappa shape index (κ1) is 39.6. The molecule has 294 valence electrons. The largest absolute Gasteiger partial charge is 0.393 e. The first-order chi connectivity index (χ1) is 29.2. The highest BCUT2D eigenvalue weighted by Gasteiger charge is 2.26. The molecular formula is C44H35N12O2S2+. The Balaban J connectivity index is 1.22. The number of hydrogen-bond donors (Lipinski definition) is 2. The first-order valence-corrected chi connectivity index (χ1v) is 20.5. The number of fused-ring (bicyclic) bond motifs is 2. The third-order valence-electron chi connectivity index (χ3n) is 9.85. The van der Waals surface area contributed by atoms with Gasteiger partial charge in [0.05, 0.1) is 59.2 Å². The van der Waals surface area contributed by atoms with Crippen molar-refractivity contribution >= 4 is 34.6 Å². The van der Waals surface area contributed by atoms with Gasteiger partial charge in [0.25, 0.3) is 0 Å². The number of nitrogens with zero attached hydrogens (tertiary/aromatic N) is 12. The predicted octanol–water partition coefficient (Wildman–Crippen LogP) is 6.92. The number of nitriles is 4. The van der Waals surface area contributed by atoms with Crippen LogP contribution in [0, 0.1) is 45.3 Å². The van der Waals surface area contributed by atoms with E-state index in [4.69, 9.17) is 0 Å². The van der Waals surface area contributed by atoms with Crippen molar-refractivity contribution in [3.63, 3.8) is 0 Å². The van der Waals surface area contributed by atoms with E-state index in [9.17, 15) is 31.3 Å². The van der Waals surface area contributed by atoms with Crippen LogP contribution >= 0.6 is 23.5 Å². The van der Waals surface area contributed by atoms with Crippen molar-refractivity contribution in [3.05, 3.63) is 126 Å². The zero-order valence-corrected chi connectivity index (χ0v) is 34.0. The van der Waals surface area contributed by atoms with E-state index in [1.807, 2.05) is 76.4 Å². The van der Waals surface area contributed by atoms with Crippen molar-refractivity contribution < 1.29 is 14.9 Å². The molecule has 16 heteroatoms. The molecule has 0 amide bonds. The normalized spacial score (nSPS) is 12.2. The third-order valence-corrected chi connectivity index (χ3v) is 12.1. The van der Waals surface area contributed by atoms with Gasteiger partial charge in [-0.15, -0.1) is 4.52 Å². The maximum Gasteiger partial charge on any atom is 0.237 e. The van der Waals surface area contributed by atoms with Gasteiger partial charge in [-0.1, -0.05) is 40.3 Å². The van der Waals surface area contributed by atoms with E-state index in [2.05, 4.69) is 39.6 Å². The molecule has 0 saturated heterocycles. The second-order valence-electron chi connectivity index (χ2n) is 14.2. The Morgan fingerprint density at radius 3 is 1.80 bits per heavy atom. The maximum atomic E-state index is 10.6. The number of benzene rings is 2. The molecule has 0 aliphatic rings. The molecule has 2 N–H and O–H groups in total.